The largest absolute Gasteiger partial charge is 0.330 e. The van der Waals surface area contributed by atoms with Gasteiger partial charge >= 0.3 is 0 Å². The van der Waals surface area contributed by atoms with Crippen LogP contribution in [0.2, 0.25) is 0 Å². The summed E-state index contributed by atoms with van der Waals surface area (Å²) in [6.45, 7) is 6.17. The molecule has 3 amide bonds. The number of nitrogens with two attached hydrogens (primary N) is 1. The van der Waals surface area contributed by atoms with Crippen LogP contribution in [0.1, 0.15) is 54.1 Å². The number of fused-ring (bicyclic) bond motifs is 1. The monoisotopic (exact) mass is 384 g/mol. The van der Waals surface area contributed by atoms with E-state index in [1.165, 1.54) is 0 Å². The molecule has 2 unspecified atom stereocenters. The molecule has 0 saturated carbocycles. The first-order valence-electron chi connectivity index (χ1n) is 10.1. The first-order valence-corrected chi connectivity index (χ1v) is 10.1. The Balaban J connectivity index is 1.47. The van der Waals surface area contributed by atoms with E-state index in [9.17, 15) is 14.4 Å². The number of rotatable bonds is 4. The van der Waals surface area contributed by atoms with E-state index in [4.69, 9.17) is 5.73 Å². The summed E-state index contributed by atoms with van der Waals surface area (Å²) in [5.41, 5.74) is 8.86. The van der Waals surface area contributed by atoms with Gasteiger partial charge in [0.05, 0.1) is 0 Å². The average molecular weight is 384 g/mol. The van der Waals surface area contributed by atoms with Crippen molar-refractivity contribution in [1.82, 2.24) is 15.1 Å². The van der Waals surface area contributed by atoms with Crippen LogP contribution in [0.15, 0.2) is 18.2 Å². The van der Waals surface area contributed by atoms with E-state index in [1.807, 2.05) is 12.1 Å². The van der Waals surface area contributed by atoms with E-state index in [0.29, 0.717) is 25.1 Å². The molecule has 0 aromatic heterocycles. The molecule has 2 atom stereocenters. The minimum atomic E-state index is -0.562. The highest BCUT2D eigenvalue weighted by Crippen LogP contribution is 2.31. The highest BCUT2D eigenvalue weighted by Gasteiger charge is 2.39. The lowest BCUT2D eigenvalue weighted by atomic mass is 9.82. The van der Waals surface area contributed by atoms with Crippen molar-refractivity contribution in [3.8, 4) is 0 Å². The van der Waals surface area contributed by atoms with Gasteiger partial charge in [-0.25, -0.2) is 0 Å². The number of hydrogen-bond donors (Lipinski definition) is 2. The van der Waals surface area contributed by atoms with Crippen LogP contribution in [0, 0.1) is 5.41 Å². The van der Waals surface area contributed by atoms with E-state index >= 15 is 0 Å². The summed E-state index contributed by atoms with van der Waals surface area (Å²) in [4.78, 5) is 40.5. The fourth-order valence-corrected chi connectivity index (χ4v) is 4.69. The van der Waals surface area contributed by atoms with Gasteiger partial charge in [0.2, 0.25) is 11.8 Å². The predicted octanol–water partition coefficient (Wildman–Crippen LogP) is 1.01. The van der Waals surface area contributed by atoms with Crippen molar-refractivity contribution in [2.24, 2.45) is 11.1 Å². The Morgan fingerprint density at radius 1 is 1.29 bits per heavy atom. The molecule has 3 heterocycles. The molecule has 3 aliphatic rings. The number of nitrogens with one attached hydrogen (secondary N) is 1. The Labute approximate surface area is 165 Å². The maximum Gasteiger partial charge on any atom is 0.255 e. The lowest BCUT2D eigenvalue weighted by Gasteiger charge is -2.39. The van der Waals surface area contributed by atoms with Crippen molar-refractivity contribution in [3.05, 3.63) is 34.9 Å². The summed E-state index contributed by atoms with van der Waals surface area (Å²) in [7, 11) is 0. The third kappa shape index (κ3) is 3.56. The van der Waals surface area contributed by atoms with Crippen LogP contribution in [0.3, 0.4) is 0 Å². The first kappa shape index (κ1) is 19.1. The normalized spacial score (nSPS) is 28.4. The van der Waals surface area contributed by atoms with E-state index in [-0.39, 0.29) is 29.6 Å². The standard InChI is InChI=1S/C21H28N4O3/c1-21(12-22)7-2-8-24(13-21)10-14-3-4-15-11-25(20(28)16(15)9-14)17-5-6-18(26)23-19(17)27/h3-4,9,17H,2,5-8,10-13,22H2,1H3,(H,23,26,27). The zero-order valence-electron chi connectivity index (χ0n) is 16.4. The molecule has 7 nitrogen and oxygen atoms in total. The number of nitrogens with zero attached hydrogens (tertiary/aromatic N) is 2. The van der Waals surface area contributed by atoms with Crippen LogP contribution in [-0.2, 0) is 22.7 Å². The summed E-state index contributed by atoms with van der Waals surface area (Å²) in [6.07, 6.45) is 2.96. The molecule has 4 rings (SSSR count). The number of imide groups is 1. The number of amides is 3. The molecule has 3 aliphatic heterocycles. The van der Waals surface area contributed by atoms with Gasteiger partial charge in [0.15, 0.2) is 0 Å². The van der Waals surface area contributed by atoms with Crippen LogP contribution in [0.25, 0.3) is 0 Å². The first-order chi connectivity index (χ1) is 13.4. The number of carbonyl (C=O) groups is 3. The van der Waals surface area contributed by atoms with Crippen molar-refractivity contribution < 1.29 is 14.4 Å². The number of likely N-dealkylation sites (tertiary alicyclic amines) is 1. The highest BCUT2D eigenvalue weighted by atomic mass is 16.2. The molecule has 28 heavy (non-hydrogen) atoms. The second-order valence-corrected chi connectivity index (χ2v) is 8.72. The molecular formula is C21H28N4O3. The molecule has 3 N–H and O–H groups in total. The van der Waals surface area contributed by atoms with Crippen molar-refractivity contribution in [2.45, 2.75) is 51.7 Å². The Hall–Kier alpha value is -2.25. The molecule has 2 saturated heterocycles. The Kier molecular flexibility index (Phi) is 4.97. The third-order valence-electron chi connectivity index (χ3n) is 6.35. The quantitative estimate of drug-likeness (QED) is 0.756. The van der Waals surface area contributed by atoms with Gasteiger partial charge < -0.3 is 10.6 Å². The lowest BCUT2D eigenvalue weighted by molar-refractivity contribution is -0.136. The summed E-state index contributed by atoms with van der Waals surface area (Å²) >= 11 is 0. The van der Waals surface area contributed by atoms with Gasteiger partial charge in [0, 0.05) is 31.6 Å². The van der Waals surface area contributed by atoms with E-state index in [1.54, 1.807) is 4.90 Å². The van der Waals surface area contributed by atoms with Gasteiger partial charge in [0.1, 0.15) is 6.04 Å². The smallest absolute Gasteiger partial charge is 0.255 e. The number of carbonyl (C=O) groups excluding carboxylic acids is 3. The molecule has 0 radical (unpaired) electrons. The van der Waals surface area contributed by atoms with Crippen molar-refractivity contribution in [2.75, 3.05) is 19.6 Å². The SMILES string of the molecule is CC1(CN)CCCN(Cc2ccc3c(c2)C(=O)N(C2CCC(=O)NC2=O)C3)C1. The summed E-state index contributed by atoms with van der Waals surface area (Å²) < 4.78 is 0. The molecule has 150 valence electrons. The van der Waals surface area contributed by atoms with Gasteiger partial charge in [-0.15, -0.1) is 0 Å². The van der Waals surface area contributed by atoms with Gasteiger partial charge in [-0.05, 0) is 55.0 Å². The number of hydrogen-bond acceptors (Lipinski definition) is 5. The second kappa shape index (κ2) is 7.29. The summed E-state index contributed by atoms with van der Waals surface area (Å²) in [6, 6.07) is 5.49. The van der Waals surface area contributed by atoms with Crippen LogP contribution >= 0.6 is 0 Å². The summed E-state index contributed by atoms with van der Waals surface area (Å²) in [5.74, 6) is -0.748. The van der Waals surface area contributed by atoms with E-state index in [2.05, 4.69) is 23.2 Å². The Bertz CT molecular complexity index is 824. The minimum Gasteiger partial charge on any atom is -0.330 e. The maximum atomic E-state index is 12.9. The fourth-order valence-electron chi connectivity index (χ4n) is 4.69. The van der Waals surface area contributed by atoms with Gasteiger partial charge in [-0.1, -0.05) is 19.1 Å². The van der Waals surface area contributed by atoms with E-state index < -0.39 is 6.04 Å². The molecule has 1 aromatic carbocycles. The maximum absolute atomic E-state index is 12.9. The highest BCUT2D eigenvalue weighted by molar-refractivity contribution is 6.05. The number of piperidine rings is 2. The molecule has 7 heteroatoms. The van der Waals surface area contributed by atoms with Crippen molar-refractivity contribution >= 4 is 17.7 Å². The topological polar surface area (TPSA) is 95.7 Å². The van der Waals surface area contributed by atoms with E-state index in [0.717, 1.165) is 43.6 Å². The molecule has 2 fully saturated rings. The Morgan fingerprint density at radius 2 is 2.11 bits per heavy atom. The number of benzene rings is 1. The Morgan fingerprint density at radius 3 is 2.86 bits per heavy atom. The van der Waals surface area contributed by atoms with Crippen LogP contribution in [0.4, 0.5) is 0 Å². The van der Waals surface area contributed by atoms with Gasteiger partial charge in [-0.3, -0.25) is 24.6 Å². The predicted molar refractivity (Wildman–Crippen MR) is 104 cm³/mol. The van der Waals surface area contributed by atoms with Gasteiger partial charge in [-0.2, -0.15) is 0 Å². The minimum absolute atomic E-state index is 0.114. The third-order valence-corrected chi connectivity index (χ3v) is 6.35. The van der Waals surface area contributed by atoms with Crippen molar-refractivity contribution in [3.63, 3.8) is 0 Å². The second-order valence-electron chi connectivity index (χ2n) is 8.72. The average Bonchev–Trinajstić information content (AvgIpc) is 2.98. The van der Waals surface area contributed by atoms with Crippen molar-refractivity contribution in [1.29, 1.82) is 0 Å². The van der Waals surface area contributed by atoms with Crippen LogP contribution < -0.4 is 11.1 Å². The zero-order chi connectivity index (χ0) is 19.9. The fraction of sp³-hybridized carbons (Fsp3) is 0.571. The van der Waals surface area contributed by atoms with Crippen LogP contribution in [0.5, 0.6) is 0 Å². The lowest BCUT2D eigenvalue weighted by Crippen LogP contribution is -2.52. The molecule has 1 aromatic rings. The van der Waals surface area contributed by atoms with Crippen LogP contribution in [-0.4, -0.2) is 53.2 Å². The zero-order valence-corrected chi connectivity index (χ0v) is 16.4. The van der Waals surface area contributed by atoms with Gasteiger partial charge in [0.25, 0.3) is 5.91 Å². The molecular weight excluding hydrogens is 356 g/mol. The molecule has 0 aliphatic carbocycles. The molecule has 0 bridgehead atoms. The molecule has 0 spiro atoms. The summed E-state index contributed by atoms with van der Waals surface area (Å²) in [5, 5.41) is 2.34.